The van der Waals surface area contributed by atoms with E-state index < -0.39 is 21.6 Å². The summed E-state index contributed by atoms with van der Waals surface area (Å²) in [6.45, 7) is 15.1. The van der Waals surface area contributed by atoms with Crippen molar-refractivity contribution in [3.63, 3.8) is 0 Å². The van der Waals surface area contributed by atoms with Crippen molar-refractivity contribution in [2.45, 2.75) is 102 Å². The van der Waals surface area contributed by atoms with Crippen molar-refractivity contribution in [2.24, 2.45) is 0 Å². The summed E-state index contributed by atoms with van der Waals surface area (Å²) in [7, 11) is 2.84. The Labute approximate surface area is 236 Å². The minimum Gasteiger partial charge on any atom is -0.497 e. The van der Waals surface area contributed by atoms with E-state index in [1.54, 1.807) is 52.6 Å². The molecule has 0 bridgehead atoms. The number of hydrogen-bond donors (Lipinski definition) is 0. The van der Waals surface area contributed by atoms with Gasteiger partial charge >= 0.3 is 0 Å². The van der Waals surface area contributed by atoms with Crippen molar-refractivity contribution in [1.82, 2.24) is 4.31 Å². The van der Waals surface area contributed by atoms with Crippen molar-refractivity contribution >= 4 is 10.0 Å². The Kier molecular flexibility index (Phi) is 14.3. The number of benzene rings is 1. The van der Waals surface area contributed by atoms with E-state index in [-0.39, 0.29) is 16.8 Å². The Morgan fingerprint density at radius 1 is 0.897 bits per heavy atom. The zero-order valence-corrected chi connectivity index (χ0v) is 26.6. The lowest BCUT2D eigenvalue weighted by atomic mass is 10.2. The first kappa shape index (κ1) is 35.7. The fraction of sp³-hybridized carbons (Fsp3) is 0.786. The fourth-order valence-corrected chi connectivity index (χ4v) is 4.78. The summed E-state index contributed by atoms with van der Waals surface area (Å²) in [5.74, 6) is -0.710. The van der Waals surface area contributed by atoms with E-state index in [0.29, 0.717) is 31.4 Å². The molecule has 2 saturated heterocycles. The zero-order valence-electron chi connectivity index (χ0n) is 25.7. The number of methoxy groups -OCH3 is 3. The van der Waals surface area contributed by atoms with Gasteiger partial charge in [0.15, 0.2) is 17.4 Å². The van der Waals surface area contributed by atoms with Crippen LogP contribution < -0.4 is 4.74 Å². The van der Waals surface area contributed by atoms with Crippen LogP contribution in [0.1, 0.15) is 67.7 Å². The lowest BCUT2D eigenvalue weighted by Crippen LogP contribution is -2.31. The maximum Gasteiger partial charge on any atom is 0.242 e. The van der Waals surface area contributed by atoms with Gasteiger partial charge < -0.3 is 33.2 Å². The van der Waals surface area contributed by atoms with Crippen LogP contribution in [0.3, 0.4) is 0 Å². The van der Waals surface area contributed by atoms with Crippen molar-refractivity contribution < 1.29 is 41.6 Å². The molecule has 3 rings (SSSR count). The van der Waals surface area contributed by atoms with Crippen molar-refractivity contribution in [3.05, 3.63) is 24.3 Å². The summed E-state index contributed by atoms with van der Waals surface area (Å²) in [5, 5.41) is 0. The first-order chi connectivity index (χ1) is 18.0. The van der Waals surface area contributed by atoms with E-state index in [1.807, 2.05) is 41.5 Å². The van der Waals surface area contributed by atoms with E-state index in [2.05, 4.69) is 6.92 Å². The molecule has 0 N–H and O–H groups in total. The van der Waals surface area contributed by atoms with Gasteiger partial charge in [-0.05, 0) is 78.6 Å². The van der Waals surface area contributed by atoms with Gasteiger partial charge in [-0.15, -0.1) is 0 Å². The summed E-state index contributed by atoms with van der Waals surface area (Å²) in [6.07, 6.45) is 3.13. The predicted molar refractivity (Wildman–Crippen MR) is 150 cm³/mol. The average molecular weight is 578 g/mol. The smallest absolute Gasteiger partial charge is 0.242 e. The van der Waals surface area contributed by atoms with E-state index in [0.717, 1.165) is 13.0 Å². The molecule has 11 heteroatoms. The van der Waals surface area contributed by atoms with Crippen molar-refractivity contribution in [1.29, 1.82) is 0 Å². The maximum absolute atomic E-state index is 12.5. The van der Waals surface area contributed by atoms with Crippen LogP contribution in [0.15, 0.2) is 29.2 Å². The highest BCUT2D eigenvalue weighted by atomic mass is 32.2. The highest BCUT2D eigenvalue weighted by Crippen LogP contribution is 2.26. The van der Waals surface area contributed by atoms with Crippen LogP contribution >= 0.6 is 0 Å². The van der Waals surface area contributed by atoms with Crippen molar-refractivity contribution in [3.8, 4) is 5.75 Å². The molecule has 2 aliphatic rings. The summed E-state index contributed by atoms with van der Waals surface area (Å²) < 4.78 is 63.2. The Hall–Kier alpha value is -1.31. The fourth-order valence-electron chi connectivity index (χ4n) is 3.59. The molecule has 0 aliphatic carbocycles. The number of sulfonamides is 1. The van der Waals surface area contributed by atoms with Crippen LogP contribution in [0.2, 0.25) is 0 Å². The molecule has 0 amide bonds. The molecule has 39 heavy (non-hydrogen) atoms. The van der Waals surface area contributed by atoms with Gasteiger partial charge in [-0.3, -0.25) is 0 Å². The van der Waals surface area contributed by atoms with E-state index >= 15 is 0 Å². The molecule has 1 aromatic carbocycles. The molecule has 1 aromatic rings. The maximum atomic E-state index is 12.5. The summed E-state index contributed by atoms with van der Waals surface area (Å²) >= 11 is 0. The lowest BCUT2D eigenvalue weighted by Gasteiger charge is -2.20. The second-order valence-electron chi connectivity index (χ2n) is 10.8. The van der Waals surface area contributed by atoms with Gasteiger partial charge in [0.25, 0.3) is 0 Å². The van der Waals surface area contributed by atoms with E-state index in [4.69, 9.17) is 33.2 Å². The van der Waals surface area contributed by atoms with Gasteiger partial charge in [0.05, 0.1) is 37.4 Å². The van der Waals surface area contributed by atoms with Crippen molar-refractivity contribution in [2.75, 3.05) is 48.1 Å². The van der Waals surface area contributed by atoms with Gasteiger partial charge in [-0.25, -0.2) is 12.7 Å². The van der Waals surface area contributed by atoms with Crippen LogP contribution in [0.25, 0.3) is 0 Å². The Morgan fingerprint density at radius 2 is 1.36 bits per heavy atom. The minimum absolute atomic E-state index is 0.0801. The third-order valence-corrected chi connectivity index (χ3v) is 8.13. The predicted octanol–water partition coefficient (Wildman–Crippen LogP) is 4.81. The second-order valence-corrected chi connectivity index (χ2v) is 12.8. The summed E-state index contributed by atoms with van der Waals surface area (Å²) in [5.41, 5.74) is 0. The van der Waals surface area contributed by atoms with Gasteiger partial charge in [0, 0.05) is 27.8 Å². The van der Waals surface area contributed by atoms with Crippen LogP contribution in [0, 0.1) is 0 Å². The largest absolute Gasteiger partial charge is 0.497 e. The highest BCUT2D eigenvalue weighted by molar-refractivity contribution is 7.89. The van der Waals surface area contributed by atoms with Crippen LogP contribution in [0.4, 0.5) is 0 Å². The van der Waals surface area contributed by atoms with E-state index in [1.165, 1.54) is 10.7 Å². The molecule has 2 fully saturated rings. The normalized spacial score (nSPS) is 22.1. The Balaban J connectivity index is 0.000000368. The number of hydrogen-bond acceptors (Lipinski definition) is 9. The lowest BCUT2D eigenvalue weighted by molar-refractivity contribution is -0.178. The van der Waals surface area contributed by atoms with Gasteiger partial charge in [0.1, 0.15) is 5.75 Å². The summed E-state index contributed by atoms with van der Waals surface area (Å²) in [6, 6.07) is 6.36. The van der Waals surface area contributed by atoms with Gasteiger partial charge in [0.2, 0.25) is 10.0 Å². The second kappa shape index (κ2) is 15.6. The minimum atomic E-state index is -3.50. The molecule has 2 unspecified atom stereocenters. The third kappa shape index (κ3) is 12.8. The molecule has 0 radical (unpaired) electrons. The molecule has 2 heterocycles. The number of ether oxygens (including phenoxy) is 7. The molecular formula is C28H51NO9S. The molecule has 228 valence electrons. The molecular weight excluding hydrogens is 526 g/mol. The Morgan fingerprint density at radius 3 is 1.69 bits per heavy atom. The van der Waals surface area contributed by atoms with Crippen LogP contribution in [-0.2, 0) is 38.4 Å². The first-order valence-electron chi connectivity index (χ1n) is 13.3. The molecule has 0 spiro atoms. The van der Waals surface area contributed by atoms with Crippen LogP contribution in [0.5, 0.6) is 5.75 Å². The number of rotatable bonds is 10. The molecule has 10 nitrogen and oxygen atoms in total. The third-order valence-electron chi connectivity index (χ3n) is 6.26. The standard InChI is InChI=1S/C15H23NO5S.C8H16O2.C5H12O2/c1-15(2)20-11-13(21-15)9-10-16(3)22(17,18)14-7-5-12(19-4)6-8-14;1-4-5-7-6-9-8(2,3)10-7;1-5(2,6-3)7-4/h5-8,13H,9-11H2,1-4H3;7H,4-6H2,1-3H3;1-4H3. The molecule has 0 saturated carbocycles. The monoisotopic (exact) mass is 577 g/mol. The molecule has 0 aromatic heterocycles. The Bertz CT molecular complexity index is 927. The summed E-state index contributed by atoms with van der Waals surface area (Å²) in [4.78, 5) is 0.250. The average Bonchev–Trinajstić information content (AvgIpc) is 3.42. The van der Waals surface area contributed by atoms with Gasteiger partial charge in [-0.2, -0.15) is 0 Å². The molecule has 2 atom stereocenters. The SMILES string of the molecule is CCCC1COC(C)(C)O1.COC(C)(C)OC.COc1ccc(S(=O)(=O)N(C)CCC2COC(C)(C)O2)cc1. The van der Waals surface area contributed by atoms with Crippen LogP contribution in [-0.4, -0.2) is 90.4 Å². The quantitative estimate of drug-likeness (QED) is 0.363. The highest BCUT2D eigenvalue weighted by Gasteiger charge is 2.33. The zero-order chi connectivity index (χ0) is 29.9. The number of nitrogens with zero attached hydrogens (tertiary/aromatic N) is 1. The van der Waals surface area contributed by atoms with Gasteiger partial charge in [-0.1, -0.05) is 13.3 Å². The first-order valence-corrected chi connectivity index (χ1v) is 14.8. The van der Waals surface area contributed by atoms with E-state index in [9.17, 15) is 8.42 Å². The molecule has 2 aliphatic heterocycles. The topological polar surface area (TPSA) is 102 Å².